The highest BCUT2D eigenvalue weighted by molar-refractivity contribution is 5.79. The molecular weight excluding hydrogens is 312 g/mol. The van der Waals surface area contributed by atoms with Gasteiger partial charge in [0.15, 0.2) is 5.96 Å². The lowest BCUT2D eigenvalue weighted by molar-refractivity contribution is 0.798. The van der Waals surface area contributed by atoms with Gasteiger partial charge in [-0.25, -0.2) is 9.98 Å². The Kier molecular flexibility index (Phi) is 5.77. The number of imidazole rings is 1. The van der Waals surface area contributed by atoms with Crippen LogP contribution in [0.5, 0.6) is 0 Å². The Bertz CT molecular complexity index is 796. The predicted octanol–water partition coefficient (Wildman–Crippen LogP) is 2.52. The summed E-state index contributed by atoms with van der Waals surface area (Å²) in [6.07, 6.45) is 7.31. The molecule has 0 saturated carbocycles. The van der Waals surface area contributed by atoms with E-state index in [1.165, 1.54) is 0 Å². The molecule has 0 saturated heterocycles. The van der Waals surface area contributed by atoms with Crippen LogP contribution in [0.25, 0.3) is 5.69 Å². The molecular formula is C19H22N6. The van der Waals surface area contributed by atoms with Crippen LogP contribution in [0, 0.1) is 0 Å². The van der Waals surface area contributed by atoms with Gasteiger partial charge in [-0.05, 0) is 30.7 Å². The smallest absolute Gasteiger partial charge is 0.191 e. The van der Waals surface area contributed by atoms with Crippen molar-refractivity contribution < 1.29 is 0 Å². The second-order valence-electron chi connectivity index (χ2n) is 5.47. The van der Waals surface area contributed by atoms with Gasteiger partial charge in [0.1, 0.15) is 0 Å². The average molecular weight is 334 g/mol. The quantitative estimate of drug-likeness (QED) is 0.537. The van der Waals surface area contributed by atoms with Gasteiger partial charge in [-0.2, -0.15) is 0 Å². The third kappa shape index (κ3) is 4.67. The third-order valence-corrected chi connectivity index (χ3v) is 3.69. The topological polar surface area (TPSA) is 67.1 Å². The molecule has 6 nitrogen and oxygen atoms in total. The zero-order valence-electron chi connectivity index (χ0n) is 14.3. The molecule has 3 aromatic rings. The van der Waals surface area contributed by atoms with Gasteiger partial charge in [0.05, 0.1) is 30.8 Å². The summed E-state index contributed by atoms with van der Waals surface area (Å²) >= 11 is 0. The summed E-state index contributed by atoms with van der Waals surface area (Å²) in [5, 5.41) is 6.59. The standard InChI is InChI=1S/C19H22N6/c1-2-21-19(24-14-17-8-5-6-10-22-17)23-13-16-7-3-4-9-18(16)25-12-11-20-15-25/h3-12,15H,2,13-14H2,1H3,(H2,21,23,24). The van der Waals surface area contributed by atoms with E-state index in [1.807, 2.05) is 41.1 Å². The minimum Gasteiger partial charge on any atom is -0.357 e. The van der Waals surface area contributed by atoms with E-state index in [1.54, 1.807) is 18.7 Å². The summed E-state index contributed by atoms with van der Waals surface area (Å²) in [6.45, 7) is 4.07. The maximum atomic E-state index is 4.70. The van der Waals surface area contributed by atoms with Crippen molar-refractivity contribution in [1.29, 1.82) is 0 Å². The van der Waals surface area contributed by atoms with E-state index in [2.05, 4.69) is 39.7 Å². The fourth-order valence-electron chi connectivity index (χ4n) is 2.48. The number of guanidine groups is 1. The van der Waals surface area contributed by atoms with E-state index in [0.717, 1.165) is 29.4 Å². The SMILES string of the molecule is CCNC(=NCc1ccccc1-n1ccnc1)NCc1ccccn1. The van der Waals surface area contributed by atoms with Gasteiger partial charge in [0.2, 0.25) is 0 Å². The summed E-state index contributed by atoms with van der Waals surface area (Å²) in [6, 6.07) is 14.1. The molecule has 0 unspecified atom stereocenters. The maximum Gasteiger partial charge on any atom is 0.191 e. The largest absolute Gasteiger partial charge is 0.357 e. The molecule has 128 valence electrons. The van der Waals surface area contributed by atoms with Crippen LogP contribution in [-0.4, -0.2) is 27.0 Å². The number of hydrogen-bond donors (Lipinski definition) is 2. The van der Waals surface area contributed by atoms with E-state index in [0.29, 0.717) is 13.1 Å². The number of nitrogens with zero attached hydrogens (tertiary/aromatic N) is 4. The molecule has 0 aliphatic carbocycles. The molecule has 6 heteroatoms. The monoisotopic (exact) mass is 334 g/mol. The van der Waals surface area contributed by atoms with Crippen molar-refractivity contribution in [3.63, 3.8) is 0 Å². The van der Waals surface area contributed by atoms with Gasteiger partial charge in [-0.15, -0.1) is 0 Å². The number of para-hydroxylation sites is 1. The lowest BCUT2D eigenvalue weighted by Gasteiger charge is -2.12. The van der Waals surface area contributed by atoms with Crippen molar-refractivity contribution in [2.24, 2.45) is 4.99 Å². The van der Waals surface area contributed by atoms with Crippen LogP contribution in [0.15, 0.2) is 72.4 Å². The molecule has 2 N–H and O–H groups in total. The second kappa shape index (κ2) is 8.63. The van der Waals surface area contributed by atoms with Crippen molar-refractivity contribution in [2.75, 3.05) is 6.54 Å². The van der Waals surface area contributed by atoms with Crippen molar-refractivity contribution in [2.45, 2.75) is 20.0 Å². The first kappa shape index (κ1) is 16.7. The Morgan fingerprint density at radius 1 is 1.08 bits per heavy atom. The minimum atomic E-state index is 0.575. The average Bonchev–Trinajstić information content (AvgIpc) is 3.20. The minimum absolute atomic E-state index is 0.575. The number of nitrogens with one attached hydrogen (secondary N) is 2. The molecule has 0 fully saturated rings. The highest BCUT2D eigenvalue weighted by Crippen LogP contribution is 2.15. The van der Waals surface area contributed by atoms with Crippen LogP contribution < -0.4 is 10.6 Å². The van der Waals surface area contributed by atoms with E-state index in [-0.39, 0.29) is 0 Å². The molecule has 0 aliphatic rings. The zero-order valence-corrected chi connectivity index (χ0v) is 14.3. The molecule has 3 rings (SSSR count). The number of aromatic nitrogens is 3. The number of rotatable bonds is 6. The highest BCUT2D eigenvalue weighted by Gasteiger charge is 2.04. The third-order valence-electron chi connectivity index (χ3n) is 3.69. The lowest BCUT2D eigenvalue weighted by Crippen LogP contribution is -2.37. The van der Waals surface area contributed by atoms with Crippen LogP contribution in [0.4, 0.5) is 0 Å². The molecule has 1 aromatic carbocycles. The molecule has 0 spiro atoms. The van der Waals surface area contributed by atoms with Crippen LogP contribution >= 0.6 is 0 Å². The zero-order chi connectivity index (χ0) is 17.3. The Morgan fingerprint density at radius 2 is 1.96 bits per heavy atom. The first-order chi connectivity index (χ1) is 12.4. The van der Waals surface area contributed by atoms with E-state index in [4.69, 9.17) is 4.99 Å². The van der Waals surface area contributed by atoms with Crippen LogP contribution in [0.3, 0.4) is 0 Å². The summed E-state index contributed by atoms with van der Waals surface area (Å²) in [5.74, 6) is 0.772. The molecule has 0 radical (unpaired) electrons. The molecule has 2 aromatic heterocycles. The van der Waals surface area contributed by atoms with Gasteiger partial charge in [-0.3, -0.25) is 4.98 Å². The fourth-order valence-corrected chi connectivity index (χ4v) is 2.48. The number of benzene rings is 1. The van der Waals surface area contributed by atoms with Crippen LogP contribution in [0.1, 0.15) is 18.2 Å². The first-order valence-corrected chi connectivity index (χ1v) is 8.35. The lowest BCUT2D eigenvalue weighted by atomic mass is 10.2. The Labute approximate surface area is 147 Å². The highest BCUT2D eigenvalue weighted by atomic mass is 15.2. The van der Waals surface area contributed by atoms with E-state index >= 15 is 0 Å². The Morgan fingerprint density at radius 3 is 2.72 bits per heavy atom. The number of pyridine rings is 1. The van der Waals surface area contributed by atoms with Crippen LogP contribution in [-0.2, 0) is 13.1 Å². The molecule has 0 aliphatic heterocycles. The van der Waals surface area contributed by atoms with Crippen LogP contribution in [0.2, 0.25) is 0 Å². The van der Waals surface area contributed by atoms with Crippen molar-refractivity contribution in [1.82, 2.24) is 25.2 Å². The van der Waals surface area contributed by atoms with Crippen molar-refractivity contribution >= 4 is 5.96 Å². The Hall–Kier alpha value is -3.15. The van der Waals surface area contributed by atoms with Gasteiger partial charge in [0.25, 0.3) is 0 Å². The van der Waals surface area contributed by atoms with Gasteiger partial charge in [0, 0.05) is 25.1 Å². The fraction of sp³-hybridized carbons (Fsp3) is 0.211. The summed E-state index contributed by atoms with van der Waals surface area (Å²) in [4.78, 5) is 13.1. The summed E-state index contributed by atoms with van der Waals surface area (Å²) in [7, 11) is 0. The van der Waals surface area contributed by atoms with Crippen molar-refractivity contribution in [3.05, 3.63) is 78.6 Å². The molecule has 0 amide bonds. The number of aliphatic imine (C=N–C) groups is 1. The number of hydrogen-bond acceptors (Lipinski definition) is 3. The molecule has 0 bridgehead atoms. The van der Waals surface area contributed by atoms with E-state index in [9.17, 15) is 0 Å². The summed E-state index contributed by atoms with van der Waals surface area (Å²) < 4.78 is 2.00. The van der Waals surface area contributed by atoms with Gasteiger partial charge in [-0.1, -0.05) is 24.3 Å². The van der Waals surface area contributed by atoms with Gasteiger partial charge < -0.3 is 15.2 Å². The predicted molar refractivity (Wildman–Crippen MR) is 99.5 cm³/mol. The molecule has 2 heterocycles. The summed E-state index contributed by atoms with van der Waals surface area (Å²) in [5.41, 5.74) is 3.20. The maximum absolute atomic E-state index is 4.70. The van der Waals surface area contributed by atoms with Crippen molar-refractivity contribution in [3.8, 4) is 5.69 Å². The molecule has 25 heavy (non-hydrogen) atoms. The van der Waals surface area contributed by atoms with E-state index < -0.39 is 0 Å². The Balaban J connectivity index is 1.71. The second-order valence-corrected chi connectivity index (χ2v) is 5.47. The van der Waals surface area contributed by atoms with Gasteiger partial charge >= 0.3 is 0 Å². The normalized spacial score (nSPS) is 11.3. The first-order valence-electron chi connectivity index (χ1n) is 8.35. The molecule has 0 atom stereocenters.